The predicted octanol–water partition coefficient (Wildman–Crippen LogP) is 1.70. The third-order valence-corrected chi connectivity index (χ3v) is 3.93. The maximum Gasteiger partial charge on any atom is 0.257 e. The molecule has 1 aromatic rings. The average molecular weight is 333 g/mol. The number of carbonyl (C=O) groups is 1. The SMILES string of the molecule is Cl.Cl.N[C@@H]1CCN(C(=O)c2cccnc2N2CCCC2)C1. The Morgan fingerprint density at radius 3 is 2.57 bits per heavy atom. The molecule has 2 N–H and O–H groups in total. The van der Waals surface area contributed by atoms with E-state index in [1.807, 2.05) is 17.0 Å². The van der Waals surface area contributed by atoms with Crippen LogP contribution in [0.1, 0.15) is 29.6 Å². The minimum Gasteiger partial charge on any atom is -0.356 e. The number of carbonyl (C=O) groups excluding carboxylic acids is 1. The van der Waals surface area contributed by atoms with E-state index in [1.54, 1.807) is 6.20 Å². The molecule has 2 saturated heterocycles. The van der Waals surface area contributed by atoms with E-state index in [0.29, 0.717) is 6.54 Å². The van der Waals surface area contributed by atoms with Crippen molar-refractivity contribution in [1.82, 2.24) is 9.88 Å². The zero-order valence-electron chi connectivity index (χ0n) is 11.9. The number of hydrogen-bond donors (Lipinski definition) is 1. The van der Waals surface area contributed by atoms with Gasteiger partial charge in [0.05, 0.1) is 5.56 Å². The number of halogens is 2. The molecule has 2 aliphatic rings. The normalized spacial score (nSPS) is 20.9. The summed E-state index contributed by atoms with van der Waals surface area (Å²) in [6.07, 6.45) is 5.02. The summed E-state index contributed by atoms with van der Waals surface area (Å²) < 4.78 is 0. The molecule has 1 atom stereocenters. The summed E-state index contributed by atoms with van der Waals surface area (Å²) in [6.45, 7) is 3.41. The van der Waals surface area contributed by atoms with Crippen LogP contribution in [0.4, 0.5) is 5.82 Å². The van der Waals surface area contributed by atoms with Gasteiger partial charge in [0.2, 0.25) is 0 Å². The monoisotopic (exact) mass is 332 g/mol. The van der Waals surface area contributed by atoms with Crippen molar-refractivity contribution in [2.75, 3.05) is 31.1 Å². The number of anilines is 1. The molecule has 2 aliphatic heterocycles. The van der Waals surface area contributed by atoms with Crippen LogP contribution < -0.4 is 10.6 Å². The van der Waals surface area contributed by atoms with Gasteiger partial charge in [0.25, 0.3) is 5.91 Å². The molecule has 5 nitrogen and oxygen atoms in total. The summed E-state index contributed by atoms with van der Waals surface area (Å²) in [5, 5.41) is 0. The van der Waals surface area contributed by atoms with Crippen molar-refractivity contribution >= 4 is 36.5 Å². The van der Waals surface area contributed by atoms with E-state index in [0.717, 1.165) is 37.4 Å². The summed E-state index contributed by atoms with van der Waals surface area (Å²) >= 11 is 0. The van der Waals surface area contributed by atoms with Crippen molar-refractivity contribution in [3.8, 4) is 0 Å². The molecule has 2 fully saturated rings. The average Bonchev–Trinajstić information content (AvgIpc) is 3.09. The van der Waals surface area contributed by atoms with Crippen LogP contribution in [0.3, 0.4) is 0 Å². The first-order chi connectivity index (χ1) is 9.25. The zero-order valence-corrected chi connectivity index (χ0v) is 13.5. The third kappa shape index (κ3) is 3.78. The van der Waals surface area contributed by atoms with Crippen LogP contribution in [-0.2, 0) is 0 Å². The first-order valence-electron chi connectivity index (χ1n) is 7.00. The Morgan fingerprint density at radius 1 is 1.24 bits per heavy atom. The van der Waals surface area contributed by atoms with Crippen molar-refractivity contribution in [1.29, 1.82) is 0 Å². The zero-order chi connectivity index (χ0) is 13.2. The summed E-state index contributed by atoms with van der Waals surface area (Å²) in [4.78, 5) is 21.1. The number of nitrogens with zero attached hydrogens (tertiary/aromatic N) is 3. The second kappa shape index (κ2) is 7.82. The number of likely N-dealkylation sites (tertiary alicyclic amines) is 1. The van der Waals surface area contributed by atoms with E-state index >= 15 is 0 Å². The van der Waals surface area contributed by atoms with Gasteiger partial charge < -0.3 is 15.5 Å². The Hall–Kier alpha value is -1.04. The van der Waals surface area contributed by atoms with Gasteiger partial charge in [-0.1, -0.05) is 0 Å². The van der Waals surface area contributed by atoms with Crippen LogP contribution in [0.2, 0.25) is 0 Å². The van der Waals surface area contributed by atoms with Gasteiger partial charge in [-0.3, -0.25) is 4.79 Å². The quantitative estimate of drug-likeness (QED) is 0.895. The molecule has 0 aliphatic carbocycles. The van der Waals surface area contributed by atoms with Crippen molar-refractivity contribution < 1.29 is 4.79 Å². The van der Waals surface area contributed by atoms with Gasteiger partial charge in [-0.2, -0.15) is 0 Å². The number of nitrogens with two attached hydrogens (primary N) is 1. The molecule has 7 heteroatoms. The van der Waals surface area contributed by atoms with Crippen LogP contribution in [0, 0.1) is 0 Å². The topological polar surface area (TPSA) is 62.5 Å². The van der Waals surface area contributed by atoms with Gasteiger partial charge in [-0.05, 0) is 31.4 Å². The Bertz CT molecular complexity index is 480. The lowest BCUT2D eigenvalue weighted by atomic mass is 10.2. The lowest BCUT2D eigenvalue weighted by Gasteiger charge is -2.22. The highest BCUT2D eigenvalue weighted by Gasteiger charge is 2.28. The van der Waals surface area contributed by atoms with Gasteiger partial charge in [-0.15, -0.1) is 24.8 Å². The Kier molecular flexibility index (Phi) is 6.71. The molecule has 0 bridgehead atoms. The van der Waals surface area contributed by atoms with Crippen LogP contribution in [0.5, 0.6) is 0 Å². The first-order valence-corrected chi connectivity index (χ1v) is 7.00. The maximum absolute atomic E-state index is 12.6. The number of pyridine rings is 1. The molecule has 3 rings (SSSR count). The molecule has 0 spiro atoms. The van der Waals surface area contributed by atoms with E-state index in [2.05, 4.69) is 9.88 Å². The molecule has 21 heavy (non-hydrogen) atoms. The van der Waals surface area contributed by atoms with Crippen molar-refractivity contribution in [2.24, 2.45) is 5.73 Å². The second-order valence-corrected chi connectivity index (χ2v) is 5.37. The highest BCUT2D eigenvalue weighted by atomic mass is 35.5. The van der Waals surface area contributed by atoms with Crippen LogP contribution in [0.15, 0.2) is 18.3 Å². The number of hydrogen-bond acceptors (Lipinski definition) is 4. The van der Waals surface area contributed by atoms with Gasteiger partial charge in [-0.25, -0.2) is 4.98 Å². The Labute approximate surface area is 137 Å². The second-order valence-electron chi connectivity index (χ2n) is 5.37. The van der Waals surface area contributed by atoms with Crippen molar-refractivity contribution in [2.45, 2.75) is 25.3 Å². The fourth-order valence-corrected chi connectivity index (χ4v) is 2.89. The molecule has 1 amide bonds. The highest BCUT2D eigenvalue weighted by molar-refractivity contribution is 5.99. The lowest BCUT2D eigenvalue weighted by Crippen LogP contribution is -2.33. The van der Waals surface area contributed by atoms with Gasteiger partial charge in [0.1, 0.15) is 5.82 Å². The Morgan fingerprint density at radius 2 is 1.95 bits per heavy atom. The minimum atomic E-state index is 0. The molecular formula is C14H22Cl2N4O. The molecule has 0 unspecified atom stereocenters. The fraction of sp³-hybridized carbons (Fsp3) is 0.571. The first kappa shape index (κ1) is 18.0. The minimum absolute atomic E-state index is 0. The van der Waals surface area contributed by atoms with Gasteiger partial charge >= 0.3 is 0 Å². The summed E-state index contributed by atoms with van der Waals surface area (Å²) in [7, 11) is 0. The summed E-state index contributed by atoms with van der Waals surface area (Å²) in [6, 6.07) is 3.84. The predicted molar refractivity (Wildman–Crippen MR) is 88.7 cm³/mol. The summed E-state index contributed by atoms with van der Waals surface area (Å²) in [5.41, 5.74) is 6.60. The number of aromatic nitrogens is 1. The maximum atomic E-state index is 12.6. The number of amides is 1. The molecular weight excluding hydrogens is 311 g/mol. The molecule has 0 radical (unpaired) electrons. The molecule has 0 saturated carbocycles. The molecule has 1 aromatic heterocycles. The summed E-state index contributed by atoms with van der Waals surface area (Å²) in [5.74, 6) is 0.911. The fourth-order valence-electron chi connectivity index (χ4n) is 2.89. The largest absolute Gasteiger partial charge is 0.356 e. The van der Waals surface area contributed by atoms with Crippen molar-refractivity contribution in [3.05, 3.63) is 23.9 Å². The van der Waals surface area contributed by atoms with Crippen LogP contribution in [-0.4, -0.2) is 48.0 Å². The van der Waals surface area contributed by atoms with Gasteiger partial charge in [0.15, 0.2) is 0 Å². The molecule has 118 valence electrons. The molecule has 0 aromatic carbocycles. The van der Waals surface area contributed by atoms with Gasteiger partial charge in [0, 0.05) is 38.4 Å². The standard InChI is InChI=1S/C14H20N4O.2ClH/c15-11-5-9-18(10-11)14(19)12-4-3-6-16-13(12)17-7-1-2-8-17;;/h3-4,6,11H,1-2,5,7-10,15H2;2*1H/t11-;;/m1../s1. The number of rotatable bonds is 2. The van der Waals surface area contributed by atoms with E-state index in [-0.39, 0.29) is 36.8 Å². The van der Waals surface area contributed by atoms with Crippen LogP contribution in [0.25, 0.3) is 0 Å². The van der Waals surface area contributed by atoms with E-state index in [9.17, 15) is 4.79 Å². The smallest absolute Gasteiger partial charge is 0.257 e. The van der Waals surface area contributed by atoms with E-state index in [1.165, 1.54) is 12.8 Å². The van der Waals surface area contributed by atoms with Crippen LogP contribution >= 0.6 is 24.8 Å². The van der Waals surface area contributed by atoms with E-state index in [4.69, 9.17) is 5.73 Å². The highest BCUT2D eigenvalue weighted by Crippen LogP contribution is 2.24. The third-order valence-electron chi connectivity index (χ3n) is 3.93. The Balaban J connectivity index is 0.00000110. The van der Waals surface area contributed by atoms with Crippen molar-refractivity contribution in [3.63, 3.8) is 0 Å². The molecule has 3 heterocycles. The van der Waals surface area contributed by atoms with E-state index < -0.39 is 0 Å². The lowest BCUT2D eigenvalue weighted by molar-refractivity contribution is 0.0791.